The summed E-state index contributed by atoms with van der Waals surface area (Å²) in [4.78, 5) is 26.2. The normalized spacial score (nSPS) is 17.1. The lowest BCUT2D eigenvalue weighted by molar-refractivity contribution is -0.116. The first kappa shape index (κ1) is 25.1. The van der Waals surface area contributed by atoms with Crippen molar-refractivity contribution in [2.75, 3.05) is 0 Å². The molecule has 0 spiro atoms. The predicted octanol–water partition coefficient (Wildman–Crippen LogP) is 5.36. The van der Waals surface area contributed by atoms with Crippen LogP contribution in [0.1, 0.15) is 46.7 Å². The van der Waals surface area contributed by atoms with E-state index in [2.05, 4.69) is 11.5 Å². The third-order valence-electron chi connectivity index (χ3n) is 6.69. The number of benzene rings is 3. The van der Waals surface area contributed by atoms with Gasteiger partial charge in [0, 0.05) is 28.3 Å². The first-order valence-electron chi connectivity index (χ1n) is 12.3. The monoisotopic (exact) mass is 524 g/mol. The highest BCUT2D eigenvalue weighted by atomic mass is 35.5. The molecule has 3 N–H and O–H groups in total. The van der Waals surface area contributed by atoms with Gasteiger partial charge in [-0.2, -0.15) is 5.26 Å². The van der Waals surface area contributed by atoms with Crippen molar-refractivity contribution in [3.05, 3.63) is 123 Å². The molecule has 1 unspecified atom stereocenters. The Hall–Kier alpha value is -4.54. The average molecular weight is 525 g/mol. The van der Waals surface area contributed by atoms with E-state index in [9.17, 15) is 14.9 Å². The molecule has 0 radical (unpaired) electrons. The quantitative estimate of drug-likeness (QED) is 0.449. The van der Waals surface area contributed by atoms with Crippen molar-refractivity contribution in [3.63, 3.8) is 0 Å². The number of rotatable bonds is 6. The summed E-state index contributed by atoms with van der Waals surface area (Å²) >= 11 is 5.95. The van der Waals surface area contributed by atoms with E-state index in [0.29, 0.717) is 53.5 Å². The molecule has 0 aromatic heterocycles. The van der Waals surface area contributed by atoms with Gasteiger partial charge in [0.05, 0.1) is 17.6 Å². The molecule has 0 saturated carbocycles. The number of hydrazine groups is 1. The van der Waals surface area contributed by atoms with Gasteiger partial charge in [-0.3, -0.25) is 15.0 Å². The van der Waals surface area contributed by atoms with Crippen LogP contribution in [0.5, 0.6) is 5.75 Å². The molecule has 5 rings (SSSR count). The Morgan fingerprint density at radius 1 is 1.05 bits per heavy atom. The van der Waals surface area contributed by atoms with Crippen LogP contribution in [-0.2, 0) is 11.4 Å². The highest BCUT2D eigenvalue weighted by molar-refractivity contribution is 6.30. The molecule has 3 aromatic carbocycles. The number of hydrogen-bond acceptors (Lipinski definition) is 6. The zero-order valence-electron chi connectivity index (χ0n) is 20.5. The van der Waals surface area contributed by atoms with Crippen LogP contribution in [0.3, 0.4) is 0 Å². The van der Waals surface area contributed by atoms with E-state index < -0.39 is 11.8 Å². The lowest BCUT2D eigenvalue weighted by Gasteiger charge is -2.39. The molecule has 0 fully saturated rings. The van der Waals surface area contributed by atoms with Gasteiger partial charge in [0.1, 0.15) is 18.2 Å². The molecule has 38 heavy (non-hydrogen) atoms. The van der Waals surface area contributed by atoms with Crippen LogP contribution in [0.15, 0.2) is 102 Å². The van der Waals surface area contributed by atoms with Gasteiger partial charge in [-0.15, -0.1) is 0 Å². The predicted molar refractivity (Wildman–Crippen MR) is 143 cm³/mol. The second kappa shape index (κ2) is 10.8. The van der Waals surface area contributed by atoms with E-state index in [1.807, 2.05) is 54.6 Å². The Balaban J connectivity index is 1.45. The molecule has 1 amide bonds. The number of amides is 1. The maximum absolute atomic E-state index is 13.2. The van der Waals surface area contributed by atoms with E-state index in [1.54, 1.807) is 24.3 Å². The lowest BCUT2D eigenvalue weighted by Crippen LogP contribution is -2.48. The second-order valence-corrected chi connectivity index (χ2v) is 9.54. The minimum Gasteiger partial charge on any atom is -0.489 e. The number of allylic oxidation sites excluding steroid dienone is 3. The zero-order valence-corrected chi connectivity index (χ0v) is 21.2. The van der Waals surface area contributed by atoms with Gasteiger partial charge in [0.2, 0.25) is 0 Å². The largest absolute Gasteiger partial charge is 0.489 e. The van der Waals surface area contributed by atoms with Crippen molar-refractivity contribution in [2.24, 2.45) is 5.73 Å². The topological polar surface area (TPSA) is 108 Å². The van der Waals surface area contributed by atoms with Gasteiger partial charge in [0.25, 0.3) is 5.91 Å². The van der Waals surface area contributed by atoms with E-state index in [0.717, 1.165) is 11.1 Å². The van der Waals surface area contributed by atoms with Crippen LogP contribution in [0.2, 0.25) is 5.02 Å². The van der Waals surface area contributed by atoms with Gasteiger partial charge in [-0.05, 0) is 60.4 Å². The Labute approximate surface area is 225 Å². The molecule has 2 aliphatic rings. The number of carbonyl (C=O) groups excluding carboxylic acids is 2. The van der Waals surface area contributed by atoms with E-state index >= 15 is 0 Å². The molecule has 1 heterocycles. The van der Waals surface area contributed by atoms with Crippen molar-refractivity contribution < 1.29 is 14.3 Å². The van der Waals surface area contributed by atoms with Gasteiger partial charge in [0.15, 0.2) is 5.78 Å². The van der Waals surface area contributed by atoms with Gasteiger partial charge in [-0.1, -0.05) is 54.1 Å². The third kappa shape index (κ3) is 4.99. The summed E-state index contributed by atoms with van der Waals surface area (Å²) in [6.45, 7) is 0.427. The summed E-state index contributed by atoms with van der Waals surface area (Å²) in [5.74, 6) is -0.353. The fourth-order valence-electron chi connectivity index (χ4n) is 4.81. The van der Waals surface area contributed by atoms with Crippen LogP contribution >= 0.6 is 11.6 Å². The average Bonchev–Trinajstić information content (AvgIpc) is 2.94. The van der Waals surface area contributed by atoms with Crippen molar-refractivity contribution in [3.8, 4) is 11.8 Å². The molecule has 3 aromatic rings. The Morgan fingerprint density at radius 2 is 1.76 bits per heavy atom. The summed E-state index contributed by atoms with van der Waals surface area (Å²) in [6, 6.07) is 25.8. The summed E-state index contributed by atoms with van der Waals surface area (Å²) in [5, 5.41) is 12.0. The van der Waals surface area contributed by atoms with Crippen molar-refractivity contribution in [1.82, 2.24) is 10.4 Å². The number of nitriles is 1. The smallest absolute Gasteiger partial charge is 0.270 e. The van der Waals surface area contributed by atoms with Gasteiger partial charge in [-0.25, -0.2) is 5.01 Å². The first-order valence-corrected chi connectivity index (χ1v) is 12.6. The fourth-order valence-corrected chi connectivity index (χ4v) is 4.94. The maximum Gasteiger partial charge on any atom is 0.270 e. The van der Waals surface area contributed by atoms with E-state index in [4.69, 9.17) is 22.1 Å². The van der Waals surface area contributed by atoms with Crippen LogP contribution in [0.25, 0.3) is 0 Å². The molecule has 1 aliphatic heterocycles. The minimum atomic E-state index is -0.630. The molecule has 190 valence electrons. The zero-order chi connectivity index (χ0) is 26.6. The van der Waals surface area contributed by atoms with Crippen molar-refractivity contribution in [1.29, 1.82) is 5.26 Å². The third-order valence-corrected chi connectivity index (χ3v) is 6.95. The number of halogens is 1. The van der Waals surface area contributed by atoms with E-state index in [-0.39, 0.29) is 17.2 Å². The highest BCUT2D eigenvalue weighted by Crippen LogP contribution is 2.44. The summed E-state index contributed by atoms with van der Waals surface area (Å²) in [7, 11) is 0. The number of ether oxygens (including phenoxy) is 1. The number of Topliss-reactive ketones (excluding diaryl/α,β-unsaturated/α-hetero) is 1. The highest BCUT2D eigenvalue weighted by Gasteiger charge is 2.40. The number of nitrogens with one attached hydrogen (secondary N) is 1. The SMILES string of the molecule is N#CC1=C(N)N(NC(=O)c2ccc(Cl)cc2)C2=C(C(=O)CCC2)C1c1ccc(OCc2ccccc2)cc1. The van der Waals surface area contributed by atoms with E-state index in [1.165, 1.54) is 5.01 Å². The number of nitrogens with two attached hydrogens (primary N) is 1. The fraction of sp³-hybridized carbons (Fsp3) is 0.167. The second-order valence-electron chi connectivity index (χ2n) is 9.11. The Kier molecular flexibility index (Phi) is 7.16. The summed E-state index contributed by atoms with van der Waals surface area (Å²) < 4.78 is 5.90. The molecule has 1 aliphatic carbocycles. The van der Waals surface area contributed by atoms with Crippen LogP contribution in [0, 0.1) is 11.3 Å². The summed E-state index contributed by atoms with van der Waals surface area (Å²) in [5.41, 5.74) is 12.7. The van der Waals surface area contributed by atoms with Crippen LogP contribution in [0.4, 0.5) is 0 Å². The first-order chi connectivity index (χ1) is 18.5. The number of ketones is 1. The maximum atomic E-state index is 13.2. The molecule has 8 heteroatoms. The van der Waals surface area contributed by atoms with Crippen molar-refractivity contribution >= 4 is 23.3 Å². The minimum absolute atomic E-state index is 0.0633. The van der Waals surface area contributed by atoms with Crippen LogP contribution < -0.4 is 15.9 Å². The van der Waals surface area contributed by atoms with Crippen molar-refractivity contribution in [2.45, 2.75) is 31.8 Å². The number of hydrogen-bond donors (Lipinski definition) is 2. The molecular weight excluding hydrogens is 500 g/mol. The molecule has 0 bridgehead atoms. The molecule has 0 saturated heterocycles. The molecule has 7 nitrogen and oxygen atoms in total. The number of carbonyl (C=O) groups is 2. The van der Waals surface area contributed by atoms with Crippen LogP contribution in [-0.4, -0.2) is 16.7 Å². The Morgan fingerprint density at radius 3 is 2.45 bits per heavy atom. The number of nitrogens with zero attached hydrogens (tertiary/aromatic N) is 2. The van der Waals surface area contributed by atoms with Gasteiger partial charge >= 0.3 is 0 Å². The summed E-state index contributed by atoms with van der Waals surface area (Å²) in [6.07, 6.45) is 1.53. The molecular formula is C30H25ClN4O3. The molecule has 1 atom stereocenters. The van der Waals surface area contributed by atoms with Gasteiger partial charge < -0.3 is 10.5 Å². The lowest BCUT2D eigenvalue weighted by atomic mass is 9.76. The standard InChI is InChI=1S/C30H25ClN4O3/c31-22-13-9-21(10-14-22)30(37)34-35-25-7-4-8-26(36)28(25)27(24(17-32)29(35)33)20-11-15-23(16-12-20)38-18-19-5-2-1-3-6-19/h1-3,5-6,9-16,27H,4,7-8,18,33H2,(H,34,37). The Bertz CT molecular complexity index is 1470.